The van der Waals surface area contributed by atoms with E-state index in [1.54, 1.807) is 13.0 Å². The molecule has 0 bridgehead atoms. The lowest BCUT2D eigenvalue weighted by Gasteiger charge is -2.31. The molecule has 2 aromatic rings. The number of rotatable bonds is 2. The topological polar surface area (TPSA) is 53.7 Å². The van der Waals surface area contributed by atoms with Crippen molar-refractivity contribution >= 4 is 22.6 Å². The molecule has 0 aliphatic carbocycles. The maximum atomic E-state index is 12.1. The summed E-state index contributed by atoms with van der Waals surface area (Å²) in [6.07, 6.45) is 2.37. The van der Waals surface area contributed by atoms with Crippen molar-refractivity contribution in [1.29, 1.82) is 0 Å². The minimum absolute atomic E-state index is 0.0174. The zero-order chi connectivity index (χ0) is 16.7. The average Bonchev–Trinajstić information content (AvgIpc) is 2.51. The molecule has 3 rings (SSSR count). The van der Waals surface area contributed by atoms with E-state index in [0.717, 1.165) is 30.5 Å². The first-order valence-corrected chi connectivity index (χ1v) is 8.43. The molecule has 23 heavy (non-hydrogen) atoms. The van der Waals surface area contributed by atoms with Gasteiger partial charge in [-0.05, 0) is 50.8 Å². The van der Waals surface area contributed by atoms with Crippen molar-refractivity contribution in [2.24, 2.45) is 5.92 Å². The smallest absolute Gasteiger partial charge is 0.339 e. The zero-order valence-electron chi connectivity index (χ0n) is 13.8. The van der Waals surface area contributed by atoms with E-state index in [1.165, 1.54) is 6.42 Å². The van der Waals surface area contributed by atoms with Crippen LogP contribution in [-0.2, 0) is 6.54 Å². The fourth-order valence-electron chi connectivity index (χ4n) is 3.39. The number of nitrogens with zero attached hydrogens (tertiary/aromatic N) is 1. The van der Waals surface area contributed by atoms with Crippen LogP contribution < -0.4 is 5.63 Å². The first-order chi connectivity index (χ1) is 10.9. The van der Waals surface area contributed by atoms with E-state index in [1.807, 2.05) is 6.92 Å². The lowest BCUT2D eigenvalue weighted by atomic mass is 9.98. The molecule has 1 aliphatic heterocycles. The van der Waals surface area contributed by atoms with Crippen molar-refractivity contribution in [2.75, 3.05) is 13.1 Å². The molecule has 124 valence electrons. The normalized spacial score (nSPS) is 19.4. The molecule has 1 N–H and O–H groups in total. The van der Waals surface area contributed by atoms with Crippen LogP contribution in [0.25, 0.3) is 11.0 Å². The molecular weight excluding hydrogens is 314 g/mol. The van der Waals surface area contributed by atoms with Crippen molar-refractivity contribution in [2.45, 2.75) is 40.2 Å². The Labute approximate surface area is 140 Å². The van der Waals surface area contributed by atoms with Gasteiger partial charge in [-0.2, -0.15) is 0 Å². The number of phenolic OH excluding ortho intramolecular Hbond substituents is 1. The predicted octanol–water partition coefficient (Wildman–Crippen LogP) is 4.00. The standard InChI is InChI=1S/C18H22ClNO3/c1-10-5-4-6-20(8-10)9-14-16(21)15(19)7-13-11(2)12(3)18(22)23-17(13)14/h7,10,21H,4-6,8-9H2,1-3H3/t10-/m0/s1. The van der Waals surface area contributed by atoms with Crippen molar-refractivity contribution in [3.8, 4) is 5.75 Å². The summed E-state index contributed by atoms with van der Waals surface area (Å²) in [5.41, 5.74) is 2.15. The summed E-state index contributed by atoms with van der Waals surface area (Å²) in [6.45, 7) is 8.35. The lowest BCUT2D eigenvalue weighted by molar-refractivity contribution is 0.175. The van der Waals surface area contributed by atoms with Gasteiger partial charge in [0.25, 0.3) is 0 Å². The van der Waals surface area contributed by atoms with Crippen LogP contribution in [-0.4, -0.2) is 23.1 Å². The maximum Gasteiger partial charge on any atom is 0.339 e. The second kappa shape index (κ2) is 6.17. The van der Waals surface area contributed by atoms with Crippen LogP contribution in [0.4, 0.5) is 0 Å². The molecule has 1 aliphatic rings. The van der Waals surface area contributed by atoms with Gasteiger partial charge in [-0.25, -0.2) is 4.79 Å². The monoisotopic (exact) mass is 335 g/mol. The maximum absolute atomic E-state index is 12.1. The average molecular weight is 336 g/mol. The van der Waals surface area contributed by atoms with Crippen molar-refractivity contribution in [3.05, 3.63) is 38.2 Å². The summed E-state index contributed by atoms with van der Waals surface area (Å²) in [5.74, 6) is 0.649. The number of aromatic hydroxyl groups is 1. The van der Waals surface area contributed by atoms with Crippen LogP contribution in [0.3, 0.4) is 0 Å². The largest absolute Gasteiger partial charge is 0.506 e. The molecule has 1 atom stereocenters. The highest BCUT2D eigenvalue weighted by Gasteiger charge is 2.22. The molecule has 1 aromatic carbocycles. The Bertz CT molecular complexity index is 812. The highest BCUT2D eigenvalue weighted by atomic mass is 35.5. The van der Waals surface area contributed by atoms with Crippen LogP contribution in [0, 0.1) is 19.8 Å². The molecule has 5 heteroatoms. The number of halogens is 1. The van der Waals surface area contributed by atoms with Crippen LogP contribution >= 0.6 is 11.6 Å². The fraction of sp³-hybridized carbons (Fsp3) is 0.500. The van der Waals surface area contributed by atoms with Crippen LogP contribution in [0.1, 0.15) is 36.5 Å². The van der Waals surface area contributed by atoms with E-state index < -0.39 is 0 Å². The first kappa shape index (κ1) is 16.3. The van der Waals surface area contributed by atoms with Crippen molar-refractivity contribution < 1.29 is 9.52 Å². The minimum atomic E-state index is -0.356. The van der Waals surface area contributed by atoms with E-state index in [2.05, 4.69) is 11.8 Å². The van der Waals surface area contributed by atoms with E-state index >= 15 is 0 Å². The van der Waals surface area contributed by atoms with Crippen molar-refractivity contribution in [3.63, 3.8) is 0 Å². The summed E-state index contributed by atoms with van der Waals surface area (Å²) in [7, 11) is 0. The fourth-order valence-corrected chi connectivity index (χ4v) is 3.62. The number of fused-ring (bicyclic) bond motifs is 1. The van der Waals surface area contributed by atoms with Crippen LogP contribution in [0.5, 0.6) is 5.75 Å². The molecule has 0 saturated carbocycles. The van der Waals surface area contributed by atoms with Gasteiger partial charge in [0.2, 0.25) is 0 Å². The minimum Gasteiger partial charge on any atom is -0.506 e. The number of hydrogen-bond donors (Lipinski definition) is 1. The first-order valence-electron chi connectivity index (χ1n) is 8.05. The SMILES string of the molecule is Cc1c(C)c2cc(Cl)c(O)c(CN3CCC[C@H](C)C3)c2oc1=O. The van der Waals surface area contributed by atoms with Gasteiger partial charge in [0.05, 0.1) is 10.6 Å². The van der Waals surface area contributed by atoms with Gasteiger partial charge >= 0.3 is 5.63 Å². The van der Waals surface area contributed by atoms with Gasteiger partial charge in [0.15, 0.2) is 0 Å². The van der Waals surface area contributed by atoms with Gasteiger partial charge in [0, 0.05) is 24.0 Å². The second-order valence-electron chi connectivity index (χ2n) is 6.68. The molecule has 1 saturated heterocycles. The Morgan fingerprint density at radius 3 is 2.83 bits per heavy atom. The van der Waals surface area contributed by atoms with Gasteiger partial charge in [0.1, 0.15) is 11.3 Å². The number of phenols is 1. The third kappa shape index (κ3) is 2.98. The molecule has 0 unspecified atom stereocenters. The van der Waals surface area contributed by atoms with Crippen LogP contribution in [0.2, 0.25) is 5.02 Å². The molecule has 0 spiro atoms. The molecule has 0 amide bonds. The Kier molecular flexibility index (Phi) is 4.39. The predicted molar refractivity (Wildman–Crippen MR) is 92.3 cm³/mol. The number of piperidine rings is 1. The van der Waals surface area contributed by atoms with E-state index in [4.69, 9.17) is 16.0 Å². The Morgan fingerprint density at radius 2 is 2.13 bits per heavy atom. The summed E-state index contributed by atoms with van der Waals surface area (Å²) in [4.78, 5) is 14.3. The number of hydrogen-bond acceptors (Lipinski definition) is 4. The van der Waals surface area contributed by atoms with Gasteiger partial charge in [-0.3, -0.25) is 4.90 Å². The number of aryl methyl sites for hydroxylation is 1. The van der Waals surface area contributed by atoms with E-state index in [-0.39, 0.29) is 11.4 Å². The third-order valence-electron chi connectivity index (χ3n) is 4.89. The number of benzene rings is 1. The molecule has 4 nitrogen and oxygen atoms in total. The quantitative estimate of drug-likeness (QED) is 0.843. The molecule has 0 radical (unpaired) electrons. The summed E-state index contributed by atoms with van der Waals surface area (Å²) >= 11 is 6.21. The summed E-state index contributed by atoms with van der Waals surface area (Å²) < 4.78 is 5.51. The van der Waals surface area contributed by atoms with E-state index in [9.17, 15) is 9.90 Å². The Morgan fingerprint density at radius 1 is 1.39 bits per heavy atom. The summed E-state index contributed by atoms with van der Waals surface area (Å²) in [6, 6.07) is 1.68. The van der Waals surface area contributed by atoms with E-state index in [0.29, 0.717) is 34.2 Å². The summed E-state index contributed by atoms with van der Waals surface area (Å²) in [5, 5.41) is 11.5. The molecule has 1 fully saturated rings. The van der Waals surface area contributed by atoms with Gasteiger partial charge in [-0.1, -0.05) is 18.5 Å². The molecule has 1 aromatic heterocycles. The Hall–Kier alpha value is -1.52. The molecule has 2 heterocycles. The third-order valence-corrected chi connectivity index (χ3v) is 5.18. The molecular formula is C18H22ClNO3. The Balaban J connectivity index is 2.14. The second-order valence-corrected chi connectivity index (χ2v) is 7.09. The van der Waals surface area contributed by atoms with Gasteiger partial charge < -0.3 is 9.52 Å². The zero-order valence-corrected chi connectivity index (χ0v) is 14.5. The van der Waals surface area contributed by atoms with Crippen LogP contribution in [0.15, 0.2) is 15.3 Å². The van der Waals surface area contributed by atoms with Crippen molar-refractivity contribution in [1.82, 2.24) is 4.90 Å². The number of likely N-dealkylation sites (tertiary alicyclic amines) is 1. The lowest BCUT2D eigenvalue weighted by Crippen LogP contribution is -2.33. The van der Waals surface area contributed by atoms with Gasteiger partial charge in [-0.15, -0.1) is 0 Å². The highest BCUT2D eigenvalue weighted by Crippen LogP contribution is 2.37. The highest BCUT2D eigenvalue weighted by molar-refractivity contribution is 6.33.